The van der Waals surface area contributed by atoms with Crippen molar-refractivity contribution < 1.29 is 0 Å². The van der Waals surface area contributed by atoms with Crippen molar-refractivity contribution in [1.82, 2.24) is 10.2 Å². The molecule has 0 bridgehead atoms. The molecule has 118 valence electrons. The number of nitrogens with zero attached hydrogens (tertiary/aromatic N) is 1. The lowest BCUT2D eigenvalue weighted by atomic mass is 9.97. The number of benzene rings is 1. The minimum atomic E-state index is -1.16. The Bertz CT molecular complexity index is 416. The second-order valence-electron chi connectivity index (χ2n) is 7.47. The summed E-state index contributed by atoms with van der Waals surface area (Å²) in [5.74, 6) is 0.882. The van der Waals surface area contributed by atoms with Gasteiger partial charge in [0.05, 0.1) is 8.07 Å². The van der Waals surface area contributed by atoms with Gasteiger partial charge in [0, 0.05) is 13.1 Å². The summed E-state index contributed by atoms with van der Waals surface area (Å²) in [4.78, 5) is 2.61. The van der Waals surface area contributed by atoms with Gasteiger partial charge in [-0.15, -0.1) is 0 Å². The molecule has 0 aromatic heterocycles. The molecule has 1 N–H and O–H groups in total. The minimum Gasteiger partial charge on any atom is -0.317 e. The average molecular weight is 305 g/mol. The van der Waals surface area contributed by atoms with Gasteiger partial charge in [-0.2, -0.15) is 0 Å². The molecule has 0 unspecified atom stereocenters. The van der Waals surface area contributed by atoms with Gasteiger partial charge in [-0.05, 0) is 44.0 Å². The van der Waals surface area contributed by atoms with Crippen LogP contribution in [0.4, 0.5) is 0 Å². The molecule has 1 aliphatic heterocycles. The van der Waals surface area contributed by atoms with Crippen molar-refractivity contribution in [1.29, 1.82) is 0 Å². The van der Waals surface area contributed by atoms with Crippen molar-refractivity contribution in [3.63, 3.8) is 0 Å². The van der Waals surface area contributed by atoms with Crippen LogP contribution < -0.4 is 10.5 Å². The second kappa shape index (κ2) is 7.57. The third kappa shape index (κ3) is 5.24. The van der Waals surface area contributed by atoms with Crippen molar-refractivity contribution in [2.75, 3.05) is 26.2 Å². The van der Waals surface area contributed by atoms with Gasteiger partial charge in [0.2, 0.25) is 0 Å². The predicted molar refractivity (Wildman–Crippen MR) is 96.0 cm³/mol. The Labute approximate surface area is 131 Å². The zero-order chi connectivity index (χ0) is 15.3. The third-order valence-electron chi connectivity index (χ3n) is 4.65. The number of piperidine rings is 1. The molecule has 21 heavy (non-hydrogen) atoms. The SMILES string of the molecule is CCN(Cc1ccc([Si](C)(C)C)cc1)CC1CCNCC1. The molecule has 2 rings (SSSR count). The number of nitrogens with one attached hydrogen (secondary N) is 1. The summed E-state index contributed by atoms with van der Waals surface area (Å²) < 4.78 is 0. The van der Waals surface area contributed by atoms with Crippen molar-refractivity contribution in [2.45, 2.75) is 46.0 Å². The van der Waals surface area contributed by atoms with E-state index in [4.69, 9.17) is 0 Å². The van der Waals surface area contributed by atoms with Crippen LogP contribution in [0.1, 0.15) is 25.3 Å². The van der Waals surface area contributed by atoms with Crippen molar-refractivity contribution in [3.8, 4) is 0 Å². The summed E-state index contributed by atoms with van der Waals surface area (Å²) in [7, 11) is -1.16. The van der Waals surface area contributed by atoms with E-state index in [-0.39, 0.29) is 0 Å². The molecule has 0 radical (unpaired) electrons. The van der Waals surface area contributed by atoms with Crippen LogP contribution >= 0.6 is 0 Å². The van der Waals surface area contributed by atoms with Gasteiger partial charge in [0.1, 0.15) is 0 Å². The van der Waals surface area contributed by atoms with Crippen LogP contribution in [0.3, 0.4) is 0 Å². The van der Waals surface area contributed by atoms with Gasteiger partial charge in [-0.25, -0.2) is 0 Å². The van der Waals surface area contributed by atoms with E-state index in [1.165, 1.54) is 38.0 Å². The fourth-order valence-corrected chi connectivity index (χ4v) is 4.27. The summed E-state index contributed by atoms with van der Waals surface area (Å²) in [5, 5.41) is 5.02. The topological polar surface area (TPSA) is 15.3 Å². The van der Waals surface area contributed by atoms with Crippen LogP contribution in [-0.2, 0) is 6.54 Å². The first-order valence-electron chi connectivity index (χ1n) is 8.51. The largest absolute Gasteiger partial charge is 0.317 e. The van der Waals surface area contributed by atoms with Gasteiger partial charge < -0.3 is 5.32 Å². The lowest BCUT2D eigenvalue weighted by Crippen LogP contribution is -2.37. The molecule has 2 nitrogen and oxygen atoms in total. The Morgan fingerprint density at radius 3 is 2.24 bits per heavy atom. The first-order valence-corrected chi connectivity index (χ1v) is 12.0. The fraction of sp³-hybridized carbons (Fsp3) is 0.667. The quantitative estimate of drug-likeness (QED) is 0.813. The molecule has 1 heterocycles. The highest BCUT2D eigenvalue weighted by Gasteiger charge is 2.18. The van der Waals surface area contributed by atoms with E-state index in [0.717, 1.165) is 19.0 Å². The van der Waals surface area contributed by atoms with E-state index in [1.807, 2.05) is 0 Å². The lowest BCUT2D eigenvalue weighted by molar-refractivity contribution is 0.207. The van der Waals surface area contributed by atoms with E-state index in [1.54, 1.807) is 5.19 Å². The number of rotatable bonds is 6. The predicted octanol–water partition coefficient (Wildman–Crippen LogP) is 3.05. The molecular formula is C18H32N2Si. The zero-order valence-electron chi connectivity index (χ0n) is 14.3. The van der Waals surface area contributed by atoms with Crippen LogP contribution in [0.2, 0.25) is 19.6 Å². The molecule has 1 aromatic rings. The van der Waals surface area contributed by atoms with E-state index in [9.17, 15) is 0 Å². The molecule has 1 aliphatic rings. The van der Waals surface area contributed by atoms with Crippen molar-refractivity contribution >= 4 is 13.3 Å². The highest BCUT2D eigenvalue weighted by molar-refractivity contribution is 6.88. The molecule has 1 aromatic carbocycles. The maximum atomic E-state index is 3.46. The summed E-state index contributed by atoms with van der Waals surface area (Å²) in [6, 6.07) is 9.41. The zero-order valence-corrected chi connectivity index (χ0v) is 15.3. The summed E-state index contributed by atoms with van der Waals surface area (Å²) >= 11 is 0. The van der Waals surface area contributed by atoms with E-state index >= 15 is 0 Å². The van der Waals surface area contributed by atoms with Gasteiger partial charge in [0.15, 0.2) is 0 Å². The highest BCUT2D eigenvalue weighted by Crippen LogP contribution is 2.15. The van der Waals surface area contributed by atoms with Crippen molar-refractivity contribution in [2.24, 2.45) is 5.92 Å². The van der Waals surface area contributed by atoms with Crippen LogP contribution in [0.15, 0.2) is 24.3 Å². The Kier molecular flexibility index (Phi) is 6.03. The molecule has 0 saturated carbocycles. The van der Waals surface area contributed by atoms with E-state index < -0.39 is 8.07 Å². The molecule has 0 aliphatic carbocycles. The van der Waals surface area contributed by atoms with E-state index in [2.05, 4.69) is 61.0 Å². The van der Waals surface area contributed by atoms with Crippen LogP contribution in [0, 0.1) is 5.92 Å². The van der Waals surface area contributed by atoms with Gasteiger partial charge in [-0.1, -0.05) is 56.0 Å². The maximum absolute atomic E-state index is 3.46. The first-order chi connectivity index (χ1) is 9.99. The molecule has 0 atom stereocenters. The second-order valence-corrected chi connectivity index (χ2v) is 12.5. The van der Waals surface area contributed by atoms with Gasteiger partial charge in [-0.3, -0.25) is 4.90 Å². The first kappa shape index (κ1) is 16.7. The van der Waals surface area contributed by atoms with Gasteiger partial charge >= 0.3 is 0 Å². The Morgan fingerprint density at radius 1 is 1.10 bits per heavy atom. The standard InChI is InChI=1S/C18H32N2Si/c1-5-20(15-17-10-12-19-13-11-17)14-16-6-8-18(9-7-16)21(2,3)4/h6-9,17,19H,5,10-15H2,1-4H3. The summed E-state index contributed by atoms with van der Waals surface area (Å²) in [6.07, 6.45) is 2.68. The Balaban J connectivity index is 1.91. The summed E-state index contributed by atoms with van der Waals surface area (Å²) in [5.41, 5.74) is 1.47. The van der Waals surface area contributed by atoms with Crippen LogP contribution in [-0.4, -0.2) is 39.2 Å². The maximum Gasteiger partial charge on any atom is 0.0775 e. The minimum absolute atomic E-state index is 0.882. The Hall–Kier alpha value is -0.643. The fourth-order valence-electron chi connectivity index (χ4n) is 3.10. The number of hydrogen-bond acceptors (Lipinski definition) is 2. The molecule has 0 amide bonds. The monoisotopic (exact) mass is 304 g/mol. The Morgan fingerprint density at radius 2 is 1.71 bits per heavy atom. The molecule has 3 heteroatoms. The molecule has 0 spiro atoms. The number of hydrogen-bond donors (Lipinski definition) is 1. The molecule has 1 fully saturated rings. The normalized spacial score (nSPS) is 17.4. The van der Waals surface area contributed by atoms with E-state index in [0.29, 0.717) is 0 Å². The molecule has 1 saturated heterocycles. The molecular weight excluding hydrogens is 272 g/mol. The highest BCUT2D eigenvalue weighted by atomic mass is 28.3. The van der Waals surface area contributed by atoms with Crippen LogP contribution in [0.5, 0.6) is 0 Å². The van der Waals surface area contributed by atoms with Crippen molar-refractivity contribution in [3.05, 3.63) is 29.8 Å². The third-order valence-corrected chi connectivity index (χ3v) is 6.71. The van der Waals surface area contributed by atoms with Crippen LogP contribution in [0.25, 0.3) is 0 Å². The lowest BCUT2D eigenvalue weighted by Gasteiger charge is -2.29. The smallest absolute Gasteiger partial charge is 0.0775 e. The summed E-state index contributed by atoms with van der Waals surface area (Å²) in [6.45, 7) is 15.4. The average Bonchev–Trinajstić information content (AvgIpc) is 2.47. The van der Waals surface area contributed by atoms with Gasteiger partial charge in [0.25, 0.3) is 0 Å².